The molecule has 1 aromatic heterocycles. The Kier molecular flexibility index (Phi) is 5.90. The van der Waals surface area contributed by atoms with Crippen molar-refractivity contribution in [3.63, 3.8) is 0 Å². The van der Waals surface area contributed by atoms with Crippen LogP contribution in [0.25, 0.3) is 0 Å². The highest BCUT2D eigenvalue weighted by Crippen LogP contribution is 2.23. The van der Waals surface area contributed by atoms with Gasteiger partial charge in [-0.3, -0.25) is 9.59 Å². The molecule has 24 heavy (non-hydrogen) atoms. The first-order valence-corrected chi connectivity index (χ1v) is 9.65. The number of amides is 2. The molecule has 1 aliphatic rings. The van der Waals surface area contributed by atoms with E-state index in [9.17, 15) is 9.59 Å². The number of hydrogen-bond acceptors (Lipinski definition) is 5. The summed E-state index contributed by atoms with van der Waals surface area (Å²) in [6, 6.07) is 11.2. The van der Waals surface area contributed by atoms with Gasteiger partial charge in [-0.2, -0.15) is 0 Å². The zero-order chi connectivity index (χ0) is 16.8. The summed E-state index contributed by atoms with van der Waals surface area (Å²) in [5.74, 6) is 0.245. The number of carbonyl (C=O) groups excluding carboxylic acids is 2. The maximum Gasteiger partial charge on any atom is 0.251 e. The van der Waals surface area contributed by atoms with E-state index >= 15 is 0 Å². The van der Waals surface area contributed by atoms with Crippen LogP contribution in [0.15, 0.2) is 46.0 Å². The van der Waals surface area contributed by atoms with Crippen LogP contribution in [0.3, 0.4) is 0 Å². The van der Waals surface area contributed by atoms with Crippen LogP contribution in [-0.2, 0) is 4.79 Å². The molecule has 1 fully saturated rings. The first-order valence-electron chi connectivity index (χ1n) is 7.78. The number of nitrogens with one attached hydrogen (secondary N) is 3. The summed E-state index contributed by atoms with van der Waals surface area (Å²) >= 11 is 3.14. The molecule has 5 nitrogen and oxygen atoms in total. The van der Waals surface area contributed by atoms with Crippen LogP contribution in [0.4, 0.5) is 5.69 Å². The van der Waals surface area contributed by atoms with Crippen molar-refractivity contribution in [2.75, 3.05) is 24.2 Å². The Balaban J connectivity index is 1.48. The largest absolute Gasteiger partial charge is 0.348 e. The third-order valence-corrected chi connectivity index (χ3v) is 5.80. The van der Waals surface area contributed by atoms with Crippen molar-refractivity contribution in [2.24, 2.45) is 0 Å². The average molecular weight is 361 g/mol. The van der Waals surface area contributed by atoms with Gasteiger partial charge in [0.25, 0.3) is 5.91 Å². The SMILES string of the molecule is O=C(CSc1cccs1)Nc1ccc(C(=O)NC2CCNC2)cc1. The first kappa shape index (κ1) is 17.0. The van der Waals surface area contributed by atoms with E-state index in [0.29, 0.717) is 17.0 Å². The standard InChI is InChI=1S/C17H19N3O2S2/c21-15(11-24-16-2-1-9-23-16)19-13-5-3-12(4-6-13)17(22)20-14-7-8-18-10-14/h1-6,9,14,18H,7-8,10-11H2,(H,19,21)(H,20,22). The molecule has 3 N–H and O–H groups in total. The van der Waals surface area contributed by atoms with Crippen molar-refractivity contribution in [2.45, 2.75) is 16.7 Å². The second-order valence-electron chi connectivity index (χ2n) is 5.51. The predicted molar refractivity (Wildman–Crippen MR) is 98.9 cm³/mol. The molecular weight excluding hydrogens is 342 g/mol. The van der Waals surface area contributed by atoms with Gasteiger partial charge >= 0.3 is 0 Å². The highest BCUT2D eigenvalue weighted by molar-refractivity contribution is 8.01. The van der Waals surface area contributed by atoms with Gasteiger partial charge in [-0.15, -0.1) is 23.1 Å². The molecule has 0 saturated carbocycles. The van der Waals surface area contributed by atoms with Crippen LogP contribution < -0.4 is 16.0 Å². The van der Waals surface area contributed by atoms with Crippen molar-refractivity contribution < 1.29 is 9.59 Å². The Bertz CT molecular complexity index is 680. The molecule has 2 aromatic rings. The normalized spacial score (nSPS) is 16.8. The maximum atomic E-state index is 12.1. The van der Waals surface area contributed by atoms with Gasteiger partial charge in [0.05, 0.1) is 9.96 Å². The summed E-state index contributed by atoms with van der Waals surface area (Å²) in [5.41, 5.74) is 1.30. The molecule has 0 bridgehead atoms. The molecule has 0 aliphatic carbocycles. The predicted octanol–water partition coefficient (Wildman–Crippen LogP) is 2.57. The van der Waals surface area contributed by atoms with Gasteiger partial charge in [-0.25, -0.2) is 0 Å². The number of carbonyl (C=O) groups is 2. The molecule has 1 atom stereocenters. The Morgan fingerprint density at radius 2 is 2.08 bits per heavy atom. The molecule has 2 amide bonds. The lowest BCUT2D eigenvalue weighted by atomic mass is 10.1. The summed E-state index contributed by atoms with van der Waals surface area (Å²) in [7, 11) is 0. The van der Waals surface area contributed by atoms with E-state index in [1.165, 1.54) is 11.8 Å². The maximum absolute atomic E-state index is 12.1. The molecule has 2 heterocycles. The van der Waals surface area contributed by atoms with E-state index < -0.39 is 0 Å². The molecule has 1 aliphatic heterocycles. The van der Waals surface area contributed by atoms with Crippen molar-refractivity contribution in [3.8, 4) is 0 Å². The molecule has 1 saturated heterocycles. The number of thioether (sulfide) groups is 1. The van der Waals surface area contributed by atoms with Crippen molar-refractivity contribution in [3.05, 3.63) is 47.3 Å². The molecule has 3 rings (SSSR count). The molecule has 0 spiro atoms. The monoisotopic (exact) mass is 361 g/mol. The van der Waals surface area contributed by atoms with Gasteiger partial charge < -0.3 is 16.0 Å². The molecule has 126 valence electrons. The van der Waals surface area contributed by atoms with Crippen LogP contribution in [0.2, 0.25) is 0 Å². The zero-order valence-electron chi connectivity index (χ0n) is 13.1. The highest BCUT2D eigenvalue weighted by atomic mass is 32.2. The Hall–Kier alpha value is -1.83. The average Bonchev–Trinajstić information content (AvgIpc) is 3.27. The summed E-state index contributed by atoms with van der Waals surface area (Å²) in [6.45, 7) is 1.77. The number of rotatable bonds is 6. The van der Waals surface area contributed by atoms with Gasteiger partial charge in [0.15, 0.2) is 0 Å². The zero-order valence-corrected chi connectivity index (χ0v) is 14.7. The lowest BCUT2D eigenvalue weighted by Crippen LogP contribution is -2.36. The molecule has 7 heteroatoms. The van der Waals surface area contributed by atoms with Crippen LogP contribution in [0, 0.1) is 0 Å². The fourth-order valence-corrected chi connectivity index (χ4v) is 4.02. The molecule has 0 radical (unpaired) electrons. The fourth-order valence-electron chi connectivity index (χ4n) is 2.43. The lowest BCUT2D eigenvalue weighted by molar-refractivity contribution is -0.113. The minimum absolute atomic E-state index is 0.0531. The highest BCUT2D eigenvalue weighted by Gasteiger charge is 2.17. The number of thiophene rings is 1. The van der Waals surface area contributed by atoms with Crippen LogP contribution in [0.1, 0.15) is 16.8 Å². The van der Waals surface area contributed by atoms with Crippen LogP contribution in [-0.4, -0.2) is 36.7 Å². The summed E-state index contributed by atoms with van der Waals surface area (Å²) in [5, 5.41) is 11.1. The first-order chi connectivity index (χ1) is 11.7. The van der Waals surface area contributed by atoms with E-state index in [1.807, 2.05) is 17.5 Å². The third-order valence-electron chi connectivity index (χ3n) is 3.67. The van der Waals surface area contributed by atoms with Crippen molar-refractivity contribution >= 4 is 40.6 Å². The second-order valence-corrected chi connectivity index (χ2v) is 7.73. The fraction of sp³-hybridized carbons (Fsp3) is 0.294. The minimum Gasteiger partial charge on any atom is -0.348 e. The second kappa shape index (κ2) is 8.32. The number of anilines is 1. The number of hydrogen-bond donors (Lipinski definition) is 3. The van der Waals surface area contributed by atoms with Gasteiger partial charge in [-0.05, 0) is 48.7 Å². The summed E-state index contributed by atoms with van der Waals surface area (Å²) in [6.07, 6.45) is 0.960. The van der Waals surface area contributed by atoms with E-state index in [4.69, 9.17) is 0 Å². The Morgan fingerprint density at radius 1 is 1.25 bits per heavy atom. The Morgan fingerprint density at radius 3 is 2.75 bits per heavy atom. The van der Waals surface area contributed by atoms with Gasteiger partial charge in [0, 0.05) is 23.8 Å². The van der Waals surface area contributed by atoms with Crippen LogP contribution in [0.5, 0.6) is 0 Å². The molecule has 1 aromatic carbocycles. The number of benzene rings is 1. The van der Waals surface area contributed by atoms with Crippen LogP contribution >= 0.6 is 23.1 Å². The van der Waals surface area contributed by atoms with Crippen molar-refractivity contribution in [1.29, 1.82) is 0 Å². The summed E-state index contributed by atoms with van der Waals surface area (Å²) in [4.78, 5) is 24.1. The van der Waals surface area contributed by atoms with E-state index in [2.05, 4.69) is 16.0 Å². The smallest absolute Gasteiger partial charge is 0.251 e. The minimum atomic E-state index is -0.0742. The van der Waals surface area contributed by atoms with E-state index in [-0.39, 0.29) is 17.9 Å². The third kappa shape index (κ3) is 4.83. The van der Waals surface area contributed by atoms with Gasteiger partial charge in [-0.1, -0.05) is 6.07 Å². The van der Waals surface area contributed by atoms with Gasteiger partial charge in [0.1, 0.15) is 0 Å². The molecule has 1 unspecified atom stereocenters. The van der Waals surface area contributed by atoms with Gasteiger partial charge in [0.2, 0.25) is 5.91 Å². The summed E-state index contributed by atoms with van der Waals surface area (Å²) < 4.78 is 1.12. The lowest BCUT2D eigenvalue weighted by Gasteiger charge is -2.11. The van der Waals surface area contributed by atoms with Crippen molar-refractivity contribution in [1.82, 2.24) is 10.6 Å². The quantitative estimate of drug-likeness (QED) is 0.692. The Labute approximate surface area is 149 Å². The van der Waals surface area contributed by atoms with E-state index in [1.54, 1.807) is 35.6 Å². The molecular formula is C17H19N3O2S2. The van der Waals surface area contributed by atoms with E-state index in [0.717, 1.165) is 23.7 Å². The topological polar surface area (TPSA) is 70.2 Å².